The van der Waals surface area contributed by atoms with Gasteiger partial charge in [-0.25, -0.2) is 4.68 Å². The predicted octanol–water partition coefficient (Wildman–Crippen LogP) is 5.43. The van der Waals surface area contributed by atoms with Crippen LogP contribution in [0.1, 0.15) is 60.7 Å². The van der Waals surface area contributed by atoms with Crippen LogP contribution in [0.15, 0.2) is 54.7 Å². The van der Waals surface area contributed by atoms with E-state index in [9.17, 15) is 4.79 Å². The summed E-state index contributed by atoms with van der Waals surface area (Å²) in [5, 5.41) is 9.19. The minimum absolute atomic E-state index is 0.116. The number of hydrogen-bond acceptors (Lipinski definition) is 10. The lowest BCUT2D eigenvalue weighted by Gasteiger charge is -2.39. The Hall–Kier alpha value is -4.93. The summed E-state index contributed by atoms with van der Waals surface area (Å²) < 4.78 is 42.6. The first kappa shape index (κ1) is 29.8. The second kappa shape index (κ2) is 11.5. The standard InChI is InChI=1S/C35H37N3O8/c1-7-19-8-10-21(11-9-19)46-35(2,3)29-16-38(37-36-29)32-23-15-26-25(44-18-45-26)14-22(23)30(31-24(32)17-43-34(31)39)20-12-27(40-4)33(42-6)28(13-20)41-5/h8-16,24,30-32H,7,17-18H2,1-6H3/t24-,30+,31-,32+/m0/s1. The molecule has 11 nitrogen and oxygen atoms in total. The molecule has 3 heterocycles. The Morgan fingerprint density at radius 1 is 0.913 bits per heavy atom. The van der Waals surface area contributed by atoms with E-state index >= 15 is 0 Å². The van der Waals surface area contributed by atoms with Gasteiger partial charge in [0.15, 0.2) is 23.0 Å². The molecule has 7 rings (SSSR count). The molecule has 0 N–H and O–H groups in total. The molecular weight excluding hydrogens is 590 g/mol. The molecule has 1 aliphatic carbocycles. The highest BCUT2D eigenvalue weighted by molar-refractivity contribution is 5.79. The molecule has 4 aromatic rings. The van der Waals surface area contributed by atoms with Crippen molar-refractivity contribution in [2.24, 2.45) is 11.8 Å². The van der Waals surface area contributed by atoms with E-state index in [1.807, 2.05) is 61.1 Å². The molecule has 4 atom stereocenters. The van der Waals surface area contributed by atoms with E-state index in [0.717, 1.165) is 28.9 Å². The minimum atomic E-state index is -0.779. The number of esters is 1. The van der Waals surface area contributed by atoms with Crippen molar-refractivity contribution in [3.8, 4) is 34.5 Å². The zero-order valence-electron chi connectivity index (χ0n) is 26.7. The molecule has 240 valence electrons. The van der Waals surface area contributed by atoms with Crippen LogP contribution in [-0.4, -0.2) is 55.7 Å². The van der Waals surface area contributed by atoms with E-state index in [4.69, 9.17) is 33.2 Å². The monoisotopic (exact) mass is 627 g/mol. The van der Waals surface area contributed by atoms with Crippen molar-refractivity contribution >= 4 is 5.97 Å². The van der Waals surface area contributed by atoms with Crippen molar-refractivity contribution in [3.63, 3.8) is 0 Å². The summed E-state index contributed by atoms with van der Waals surface area (Å²) in [4.78, 5) is 13.6. The number of benzene rings is 3. The number of aromatic nitrogens is 3. The third kappa shape index (κ3) is 4.85. The van der Waals surface area contributed by atoms with Crippen molar-refractivity contribution in [1.29, 1.82) is 0 Å². The van der Waals surface area contributed by atoms with E-state index in [1.165, 1.54) is 5.56 Å². The molecule has 1 aromatic heterocycles. The van der Waals surface area contributed by atoms with Gasteiger partial charge in [0.05, 0.1) is 46.1 Å². The molecule has 0 amide bonds. The van der Waals surface area contributed by atoms with Gasteiger partial charge < -0.3 is 33.2 Å². The van der Waals surface area contributed by atoms with Gasteiger partial charge in [-0.1, -0.05) is 24.3 Å². The van der Waals surface area contributed by atoms with E-state index in [-0.39, 0.29) is 31.3 Å². The molecule has 1 saturated heterocycles. The molecule has 0 unspecified atom stereocenters. The Bertz CT molecular complexity index is 1760. The van der Waals surface area contributed by atoms with Crippen LogP contribution < -0.4 is 28.4 Å². The Kier molecular flexibility index (Phi) is 7.41. The van der Waals surface area contributed by atoms with Crippen LogP contribution in [0.2, 0.25) is 0 Å². The predicted molar refractivity (Wildman–Crippen MR) is 166 cm³/mol. The number of ether oxygens (including phenoxy) is 7. The van der Waals surface area contributed by atoms with Gasteiger partial charge >= 0.3 is 5.97 Å². The van der Waals surface area contributed by atoms with Crippen molar-refractivity contribution in [3.05, 3.63) is 82.7 Å². The van der Waals surface area contributed by atoms with Gasteiger partial charge in [0, 0.05) is 11.8 Å². The number of hydrogen-bond donors (Lipinski definition) is 0. The van der Waals surface area contributed by atoms with E-state index in [2.05, 4.69) is 29.4 Å². The zero-order chi connectivity index (χ0) is 32.2. The van der Waals surface area contributed by atoms with Gasteiger partial charge in [-0.3, -0.25) is 4.79 Å². The van der Waals surface area contributed by atoms with Gasteiger partial charge in [-0.15, -0.1) is 5.10 Å². The summed E-state index contributed by atoms with van der Waals surface area (Å²) in [7, 11) is 4.71. The molecule has 2 aliphatic heterocycles. The molecule has 0 spiro atoms. The molecule has 0 saturated carbocycles. The molecule has 1 fully saturated rings. The molecule has 0 radical (unpaired) electrons. The van der Waals surface area contributed by atoms with E-state index < -0.39 is 17.4 Å². The van der Waals surface area contributed by atoms with E-state index in [1.54, 1.807) is 21.3 Å². The lowest BCUT2D eigenvalue weighted by Crippen LogP contribution is -2.37. The van der Waals surface area contributed by atoms with Crippen molar-refractivity contribution < 1.29 is 38.0 Å². The van der Waals surface area contributed by atoms with Crippen LogP contribution in [0.25, 0.3) is 0 Å². The molecule has 11 heteroatoms. The highest BCUT2D eigenvalue weighted by Gasteiger charge is 2.54. The first-order valence-electron chi connectivity index (χ1n) is 15.4. The number of carbonyl (C=O) groups is 1. The van der Waals surface area contributed by atoms with Crippen LogP contribution in [-0.2, 0) is 21.6 Å². The first-order chi connectivity index (χ1) is 22.3. The Balaban J connectivity index is 1.34. The van der Waals surface area contributed by atoms with Crippen LogP contribution in [0.4, 0.5) is 0 Å². The van der Waals surface area contributed by atoms with Gasteiger partial charge in [0.25, 0.3) is 0 Å². The molecule has 3 aromatic carbocycles. The smallest absolute Gasteiger partial charge is 0.310 e. The first-order valence-corrected chi connectivity index (χ1v) is 15.4. The topological polar surface area (TPSA) is 112 Å². The lowest BCUT2D eigenvalue weighted by atomic mass is 9.65. The average molecular weight is 628 g/mol. The number of nitrogens with zero attached hydrogens (tertiary/aromatic N) is 3. The Morgan fingerprint density at radius 3 is 2.22 bits per heavy atom. The lowest BCUT2D eigenvalue weighted by molar-refractivity contribution is -0.141. The molecule has 3 aliphatic rings. The quantitative estimate of drug-likeness (QED) is 0.223. The third-order valence-corrected chi connectivity index (χ3v) is 9.31. The summed E-state index contributed by atoms with van der Waals surface area (Å²) in [6.45, 7) is 6.39. The summed E-state index contributed by atoms with van der Waals surface area (Å²) in [5.41, 5.74) is 3.77. The van der Waals surface area contributed by atoms with Crippen LogP contribution in [0, 0.1) is 11.8 Å². The molecule has 46 heavy (non-hydrogen) atoms. The maximum Gasteiger partial charge on any atom is 0.310 e. The fraction of sp³-hybridized carbons (Fsp3) is 0.400. The van der Waals surface area contributed by atoms with Gasteiger partial charge in [0.1, 0.15) is 17.0 Å². The summed E-state index contributed by atoms with van der Waals surface area (Å²) in [6.07, 6.45) is 2.86. The highest BCUT2D eigenvalue weighted by atomic mass is 16.7. The average Bonchev–Trinajstić information content (AvgIpc) is 3.83. The number of cyclic esters (lactones) is 1. The van der Waals surface area contributed by atoms with Gasteiger partial charge in [-0.2, -0.15) is 0 Å². The summed E-state index contributed by atoms with van der Waals surface area (Å²) >= 11 is 0. The summed E-state index contributed by atoms with van der Waals surface area (Å²) in [5.74, 6) is 1.99. The molecule has 0 bridgehead atoms. The zero-order valence-corrected chi connectivity index (χ0v) is 26.7. The van der Waals surface area contributed by atoms with Crippen molar-refractivity contribution in [1.82, 2.24) is 15.0 Å². The fourth-order valence-electron chi connectivity index (χ4n) is 6.98. The van der Waals surface area contributed by atoms with Crippen LogP contribution in [0.5, 0.6) is 34.5 Å². The number of aryl methyl sites for hydroxylation is 1. The number of rotatable bonds is 9. The molecular formula is C35H37N3O8. The summed E-state index contributed by atoms with van der Waals surface area (Å²) in [6, 6.07) is 15.4. The van der Waals surface area contributed by atoms with Gasteiger partial charge in [-0.05, 0) is 78.9 Å². The normalized spacial score (nSPS) is 21.3. The fourth-order valence-corrected chi connectivity index (χ4v) is 6.98. The number of fused-ring (bicyclic) bond motifs is 3. The second-order valence-corrected chi connectivity index (χ2v) is 12.2. The largest absolute Gasteiger partial charge is 0.493 e. The second-order valence-electron chi connectivity index (χ2n) is 12.2. The minimum Gasteiger partial charge on any atom is -0.493 e. The van der Waals surface area contributed by atoms with Crippen molar-refractivity contribution in [2.75, 3.05) is 34.7 Å². The Morgan fingerprint density at radius 2 is 1.59 bits per heavy atom. The third-order valence-electron chi connectivity index (χ3n) is 9.31. The maximum absolute atomic E-state index is 13.6. The van der Waals surface area contributed by atoms with Crippen LogP contribution in [0.3, 0.4) is 0 Å². The van der Waals surface area contributed by atoms with Crippen molar-refractivity contribution in [2.45, 2.75) is 44.8 Å². The van der Waals surface area contributed by atoms with Gasteiger partial charge in [0.2, 0.25) is 12.5 Å². The van der Waals surface area contributed by atoms with Crippen LogP contribution >= 0.6 is 0 Å². The number of methoxy groups -OCH3 is 3. The van der Waals surface area contributed by atoms with E-state index in [0.29, 0.717) is 34.4 Å². The SMILES string of the molecule is CCc1ccc(OC(C)(C)c2cn([C@@H]3c4cc5c(cc4[C@@H](c4cc(OC)c(OC)c(OC)c4)[C@H]4C(=O)OC[C@@H]43)OCO5)nn2)cc1. The Labute approximate surface area is 267 Å². The highest BCUT2D eigenvalue weighted by Crippen LogP contribution is 2.56. The maximum atomic E-state index is 13.6. The number of carbonyl (C=O) groups excluding carboxylic acids is 1.